The average Bonchev–Trinajstić information content (AvgIpc) is 4.02. The second kappa shape index (κ2) is 20.5. The van der Waals surface area contributed by atoms with E-state index in [0.717, 1.165) is 50.2 Å². The fourth-order valence-corrected chi connectivity index (χ4v) is 9.95. The van der Waals surface area contributed by atoms with Crippen LogP contribution in [0.25, 0.3) is 21.2 Å². The highest BCUT2D eigenvalue weighted by Crippen LogP contribution is 2.40. The summed E-state index contributed by atoms with van der Waals surface area (Å²) in [5, 5.41) is 24.4. The van der Waals surface area contributed by atoms with Crippen molar-refractivity contribution in [2.45, 2.75) is 97.3 Å². The number of halogens is 3. The average molecular weight is 1020 g/mol. The number of fused-ring (bicyclic) bond motifs is 1. The van der Waals surface area contributed by atoms with Gasteiger partial charge in [-0.05, 0) is 121 Å². The first kappa shape index (κ1) is 51.7. The highest BCUT2D eigenvalue weighted by molar-refractivity contribution is 7.13. The molecule has 378 valence electrons. The molecule has 14 nitrogen and oxygen atoms in total. The van der Waals surface area contributed by atoms with Crippen LogP contribution in [0.4, 0.5) is 29.3 Å². The Kier molecular flexibility index (Phi) is 14.5. The summed E-state index contributed by atoms with van der Waals surface area (Å²) >= 11 is 1.57. The summed E-state index contributed by atoms with van der Waals surface area (Å²) in [4.78, 5) is 77.0. The maximum Gasteiger partial charge on any atom is 0.417 e. The Balaban J connectivity index is 0.844. The Bertz CT molecular complexity index is 3140. The summed E-state index contributed by atoms with van der Waals surface area (Å²) in [6.07, 6.45) is -4.99. The number of nitrogens with zero attached hydrogens (tertiary/aromatic N) is 5. The molecule has 2 aliphatic rings. The van der Waals surface area contributed by atoms with E-state index in [1.54, 1.807) is 47.7 Å². The second-order valence-electron chi connectivity index (χ2n) is 19.8. The lowest BCUT2D eigenvalue weighted by molar-refractivity contribution is -0.143. The molecule has 0 radical (unpaired) electrons. The van der Waals surface area contributed by atoms with Gasteiger partial charge in [0.05, 0.1) is 51.1 Å². The molecule has 0 bridgehead atoms. The van der Waals surface area contributed by atoms with Crippen LogP contribution < -0.4 is 24.6 Å². The Hall–Kier alpha value is -7.62. The number of aryl methyl sites for hydroxylation is 2. The van der Waals surface area contributed by atoms with E-state index in [2.05, 4.69) is 10.3 Å². The van der Waals surface area contributed by atoms with E-state index in [0.29, 0.717) is 34.6 Å². The van der Waals surface area contributed by atoms with Gasteiger partial charge in [0.15, 0.2) is 12.4 Å². The predicted octanol–water partition coefficient (Wildman–Crippen LogP) is 9.57. The topological polar surface area (TPSA) is 182 Å². The third kappa shape index (κ3) is 11.1. The van der Waals surface area contributed by atoms with Crippen LogP contribution in [0.3, 0.4) is 0 Å². The van der Waals surface area contributed by atoms with Crippen LogP contribution in [0.15, 0.2) is 109 Å². The van der Waals surface area contributed by atoms with Crippen molar-refractivity contribution in [2.24, 2.45) is 5.41 Å². The normalized spacial score (nSPS) is 17.2. The van der Waals surface area contributed by atoms with E-state index < -0.39 is 70.2 Å². The molecular weight excluding hydrogens is 962 g/mol. The van der Waals surface area contributed by atoms with Crippen LogP contribution in [0.2, 0.25) is 0 Å². The number of aromatic nitrogens is 1. The number of ether oxygens (including phenoxy) is 2. The number of Topliss-reactive ketones (excluding diaryl/α,β-unsaturated/α-hetero) is 1. The van der Waals surface area contributed by atoms with E-state index in [-0.39, 0.29) is 44.1 Å². The van der Waals surface area contributed by atoms with Gasteiger partial charge in [-0.25, -0.2) is 14.7 Å². The summed E-state index contributed by atoms with van der Waals surface area (Å²) in [6, 6.07) is 26.8. The van der Waals surface area contributed by atoms with Gasteiger partial charge >= 0.3 is 12.2 Å². The third-order valence-corrected chi connectivity index (χ3v) is 14.1. The highest BCUT2D eigenvalue weighted by atomic mass is 32.1. The number of likely N-dealkylation sites (tertiary alicyclic amines) is 1. The number of anilines is 2. The van der Waals surface area contributed by atoms with E-state index >= 15 is 0 Å². The summed E-state index contributed by atoms with van der Waals surface area (Å²) in [6.45, 7) is 10.1. The molecule has 0 saturated carbocycles. The van der Waals surface area contributed by atoms with Crippen LogP contribution in [0.1, 0.15) is 75.4 Å². The molecule has 2 N–H and O–H groups in total. The number of imide groups is 1. The maximum absolute atomic E-state index is 14.2. The number of nitrogens with one attached hydrogen (secondary N) is 1. The molecule has 73 heavy (non-hydrogen) atoms. The van der Waals surface area contributed by atoms with Crippen LogP contribution in [0.5, 0.6) is 11.5 Å². The molecule has 2 aliphatic heterocycles. The smallest absolute Gasteiger partial charge is 0.417 e. The zero-order valence-corrected chi connectivity index (χ0v) is 41.8. The fourth-order valence-electron chi connectivity index (χ4n) is 9.13. The van der Waals surface area contributed by atoms with Gasteiger partial charge in [-0.2, -0.15) is 18.4 Å². The first-order chi connectivity index (χ1) is 34.5. The van der Waals surface area contributed by atoms with E-state index in [1.807, 2.05) is 81.7 Å². The number of thiazole rings is 1. The van der Waals surface area contributed by atoms with Crippen LogP contribution in [0, 0.1) is 23.7 Å². The quantitative estimate of drug-likeness (QED) is 0.0940. The number of amides is 5. The van der Waals surface area contributed by atoms with Gasteiger partial charge < -0.3 is 24.8 Å². The number of aliphatic hydroxyl groups is 1. The van der Waals surface area contributed by atoms with Crippen molar-refractivity contribution in [2.75, 3.05) is 23.0 Å². The molecule has 2 fully saturated rings. The van der Waals surface area contributed by atoms with Gasteiger partial charge in [-0.15, -0.1) is 11.3 Å². The molecule has 3 heterocycles. The molecule has 8 rings (SSSR count). The Morgan fingerprint density at radius 3 is 2.21 bits per heavy atom. The first-order valence-corrected chi connectivity index (χ1v) is 24.4. The van der Waals surface area contributed by atoms with Crippen molar-refractivity contribution in [3.05, 3.63) is 137 Å². The number of urea groups is 1. The Labute approximate surface area is 423 Å². The van der Waals surface area contributed by atoms with Crippen molar-refractivity contribution < 1.29 is 51.7 Å². The molecule has 18 heteroatoms. The molecule has 5 aromatic carbocycles. The first-order valence-electron chi connectivity index (χ1n) is 23.5. The van der Waals surface area contributed by atoms with Gasteiger partial charge in [0.25, 0.3) is 11.8 Å². The van der Waals surface area contributed by atoms with Gasteiger partial charge in [0.2, 0.25) is 5.91 Å². The number of hydrogen-bond acceptors (Lipinski definition) is 11. The second-order valence-corrected chi connectivity index (χ2v) is 20.6. The third-order valence-electron chi connectivity index (χ3n) is 13.1. The number of alkyl halides is 3. The SMILES string of the molecule is Cc1ncsc1-c1ccc(CCC(=O)[C@@H]2C[C@@H](O)CN2C(=O)[C@@H](NC(=O)COc2ccc3cc(COc4ccc(N5C(=O)N(c6ccc(C#N)c(C(F)(F)F)c6)C(=O)C5(C)C)cc4)ccc3c2)C(C)(C)C)cc1. The number of aliphatic hydroxyl groups excluding tert-OH is 1. The van der Waals surface area contributed by atoms with E-state index in [1.165, 1.54) is 29.7 Å². The number of rotatable bonds is 15. The minimum absolute atomic E-state index is 0.0215. The Morgan fingerprint density at radius 1 is 0.890 bits per heavy atom. The van der Waals surface area contributed by atoms with Crippen LogP contribution in [-0.4, -0.2) is 81.4 Å². The molecular formula is C55H53F3N6O8S. The number of carbonyl (C=O) groups excluding carboxylic acids is 5. The minimum atomic E-state index is -4.88. The standard InChI is InChI=1S/C55H53F3N6O8S/c1-32-48(73-31-60-32)35-11-7-33(8-12-35)10-22-46(66)45-26-41(65)28-62(45)50(68)49(53(2,3)4)61-47(67)30-72-43-19-15-36-23-34(9-13-37(36)24-43)29-71-42-20-17-39(18-21-42)64-52(70)63(51(69)54(64,5)6)40-16-14-38(27-59)44(25-40)55(56,57)58/h7-9,11-21,23-25,31,41,45,49,65H,10,22,26,28-30H2,1-6H3,(H,61,67)/t41-,45+,49-/m1/s1. The lowest BCUT2D eigenvalue weighted by Gasteiger charge is -2.35. The van der Waals surface area contributed by atoms with Crippen molar-refractivity contribution in [3.8, 4) is 28.0 Å². The molecule has 0 spiro atoms. The molecule has 5 amide bonds. The van der Waals surface area contributed by atoms with Crippen LogP contribution in [-0.2, 0) is 38.4 Å². The van der Waals surface area contributed by atoms with Crippen LogP contribution >= 0.6 is 11.3 Å². The number of benzene rings is 5. The van der Waals surface area contributed by atoms with Gasteiger partial charge in [-0.3, -0.25) is 24.1 Å². The number of β-amino-alcohol motifs (C(OH)–C–C–N with tert-alkyl or cyclic N) is 1. The molecule has 3 atom stereocenters. The van der Waals surface area contributed by atoms with E-state index in [4.69, 9.17) is 9.47 Å². The zero-order chi connectivity index (χ0) is 52.6. The van der Waals surface area contributed by atoms with Gasteiger partial charge in [-0.1, -0.05) is 63.2 Å². The maximum atomic E-state index is 14.2. The molecule has 0 unspecified atom stereocenters. The number of carbonyl (C=O) groups is 5. The summed E-state index contributed by atoms with van der Waals surface area (Å²) < 4.78 is 53.1. The minimum Gasteiger partial charge on any atom is -0.489 e. The highest BCUT2D eigenvalue weighted by Gasteiger charge is 2.53. The predicted molar refractivity (Wildman–Crippen MR) is 269 cm³/mol. The summed E-state index contributed by atoms with van der Waals surface area (Å²) in [5.41, 5.74) is 1.52. The molecule has 2 saturated heterocycles. The van der Waals surface area contributed by atoms with Crippen molar-refractivity contribution in [3.63, 3.8) is 0 Å². The lowest BCUT2D eigenvalue weighted by atomic mass is 9.85. The van der Waals surface area contributed by atoms with Crippen molar-refractivity contribution in [1.82, 2.24) is 15.2 Å². The number of ketones is 1. The monoisotopic (exact) mass is 1010 g/mol. The lowest BCUT2D eigenvalue weighted by Crippen LogP contribution is -2.57. The number of nitriles is 1. The Morgan fingerprint density at radius 2 is 1.55 bits per heavy atom. The fraction of sp³-hybridized carbons (Fsp3) is 0.327. The summed E-state index contributed by atoms with van der Waals surface area (Å²) in [5.74, 6) is -1.03. The summed E-state index contributed by atoms with van der Waals surface area (Å²) in [7, 11) is 0. The number of hydrogen-bond donors (Lipinski definition) is 2. The molecule has 6 aromatic rings. The van der Waals surface area contributed by atoms with Crippen molar-refractivity contribution in [1.29, 1.82) is 5.26 Å². The van der Waals surface area contributed by atoms with Gasteiger partial charge in [0.1, 0.15) is 29.7 Å². The zero-order valence-electron chi connectivity index (χ0n) is 41.0. The molecule has 0 aliphatic carbocycles. The van der Waals surface area contributed by atoms with E-state index in [9.17, 15) is 47.5 Å². The van der Waals surface area contributed by atoms with Crippen molar-refractivity contribution >= 4 is 63.0 Å². The largest absolute Gasteiger partial charge is 0.489 e. The van der Waals surface area contributed by atoms with Gasteiger partial charge in [0, 0.05) is 25.1 Å². The molecule has 1 aromatic heterocycles.